The van der Waals surface area contributed by atoms with Crippen LogP contribution in [-0.2, 0) is 15.3 Å². The fourth-order valence-electron chi connectivity index (χ4n) is 2.81. The highest BCUT2D eigenvalue weighted by atomic mass is 32.2. The van der Waals surface area contributed by atoms with Crippen LogP contribution in [-0.4, -0.2) is 29.2 Å². The molecule has 0 bridgehead atoms. The van der Waals surface area contributed by atoms with E-state index in [1.165, 1.54) is 23.9 Å². The molecule has 0 saturated heterocycles. The number of aryl methyl sites for hydroxylation is 1. The van der Waals surface area contributed by atoms with E-state index in [0.717, 1.165) is 16.9 Å². The zero-order valence-corrected chi connectivity index (χ0v) is 17.1. The lowest BCUT2D eigenvalue weighted by molar-refractivity contribution is -0.113. The number of ether oxygens (including phenoxy) is 1. The maximum atomic E-state index is 12.4. The van der Waals surface area contributed by atoms with Crippen LogP contribution in [0.4, 0.5) is 5.69 Å². The van der Waals surface area contributed by atoms with Crippen LogP contribution in [0.15, 0.2) is 53.3 Å². The quantitative estimate of drug-likeness (QED) is 0.577. The summed E-state index contributed by atoms with van der Waals surface area (Å²) in [5.74, 6) is 0.219. The number of amides is 1. The molecule has 6 nitrogen and oxygen atoms in total. The molecule has 3 rings (SSSR count). The van der Waals surface area contributed by atoms with Crippen LogP contribution in [0, 0.1) is 6.92 Å². The lowest BCUT2D eigenvalue weighted by atomic mass is 10.1. The number of hydrogen-bond acceptors (Lipinski definition) is 5. The number of pyridine rings is 1. The molecule has 0 spiro atoms. The molecule has 0 fully saturated rings. The van der Waals surface area contributed by atoms with Crippen molar-refractivity contribution in [2.24, 2.45) is 0 Å². The molecule has 2 aromatic carbocycles. The van der Waals surface area contributed by atoms with Crippen molar-refractivity contribution < 1.29 is 14.3 Å². The van der Waals surface area contributed by atoms with Crippen molar-refractivity contribution in [2.45, 2.75) is 19.6 Å². The van der Waals surface area contributed by atoms with E-state index in [0.29, 0.717) is 22.2 Å². The average Bonchev–Trinajstić information content (AvgIpc) is 2.70. The lowest BCUT2D eigenvalue weighted by Crippen LogP contribution is -2.14. The number of carbonyl (C=O) groups is 2. The van der Waals surface area contributed by atoms with E-state index in [1.54, 1.807) is 19.1 Å². The second-order valence-electron chi connectivity index (χ2n) is 6.55. The fraction of sp³-hybridized carbons (Fsp3) is 0.227. The van der Waals surface area contributed by atoms with Crippen molar-refractivity contribution in [3.05, 3.63) is 75.6 Å². The third kappa shape index (κ3) is 5.48. The molecule has 7 heteroatoms. The Hall–Kier alpha value is -3.06. The van der Waals surface area contributed by atoms with Gasteiger partial charge in [0.15, 0.2) is 5.43 Å². The standard InChI is InChI=1S/C22H22N2O4S/c1-3-28-22(27)15-6-9-19-18(10-15)20(25)11-17(23-19)12-29-13-21(26)24-16-7-4-14(2)5-8-16/h4-11H,3,12-13H2,1-2H3,(H,23,25)(H,24,26). The van der Waals surface area contributed by atoms with Crippen LogP contribution >= 0.6 is 11.8 Å². The molecular weight excluding hydrogens is 388 g/mol. The zero-order valence-electron chi connectivity index (χ0n) is 16.3. The Balaban J connectivity index is 1.62. The number of nitrogens with one attached hydrogen (secondary N) is 2. The maximum Gasteiger partial charge on any atom is 0.338 e. The fourth-order valence-corrected chi connectivity index (χ4v) is 3.54. The Morgan fingerprint density at radius 3 is 2.59 bits per heavy atom. The molecule has 0 radical (unpaired) electrons. The van der Waals surface area contributed by atoms with E-state index >= 15 is 0 Å². The first kappa shape index (κ1) is 20.7. The number of benzene rings is 2. The van der Waals surface area contributed by atoms with Crippen molar-refractivity contribution in [3.8, 4) is 0 Å². The molecule has 2 N–H and O–H groups in total. The maximum absolute atomic E-state index is 12.4. The highest BCUT2D eigenvalue weighted by Crippen LogP contribution is 2.16. The molecule has 0 saturated carbocycles. The number of anilines is 1. The van der Waals surface area contributed by atoms with E-state index in [4.69, 9.17) is 4.74 Å². The number of rotatable bonds is 7. The van der Waals surface area contributed by atoms with Gasteiger partial charge >= 0.3 is 5.97 Å². The summed E-state index contributed by atoms with van der Waals surface area (Å²) in [7, 11) is 0. The number of aromatic amines is 1. The van der Waals surface area contributed by atoms with Gasteiger partial charge in [0.05, 0.1) is 17.9 Å². The van der Waals surface area contributed by atoms with Gasteiger partial charge in [-0.2, -0.15) is 0 Å². The highest BCUT2D eigenvalue weighted by molar-refractivity contribution is 7.99. The summed E-state index contributed by atoms with van der Waals surface area (Å²) < 4.78 is 4.97. The highest BCUT2D eigenvalue weighted by Gasteiger charge is 2.10. The number of aromatic nitrogens is 1. The third-order valence-electron chi connectivity index (χ3n) is 4.22. The first-order valence-corrected chi connectivity index (χ1v) is 10.4. The molecular formula is C22H22N2O4S. The van der Waals surface area contributed by atoms with Gasteiger partial charge in [-0.1, -0.05) is 17.7 Å². The van der Waals surface area contributed by atoms with Gasteiger partial charge in [-0.05, 0) is 44.2 Å². The van der Waals surface area contributed by atoms with E-state index in [-0.39, 0.29) is 23.7 Å². The topological polar surface area (TPSA) is 88.3 Å². The molecule has 3 aromatic rings. The molecule has 1 amide bonds. The molecule has 1 heterocycles. The Morgan fingerprint density at radius 1 is 1.10 bits per heavy atom. The van der Waals surface area contributed by atoms with Gasteiger partial charge in [0.25, 0.3) is 0 Å². The summed E-state index contributed by atoms with van der Waals surface area (Å²) in [5, 5.41) is 3.28. The summed E-state index contributed by atoms with van der Waals surface area (Å²) >= 11 is 1.41. The SMILES string of the molecule is CCOC(=O)c1ccc2[nH]c(CSCC(=O)Nc3ccc(C)cc3)cc(=O)c2c1. The first-order chi connectivity index (χ1) is 14.0. The predicted molar refractivity (Wildman–Crippen MR) is 116 cm³/mol. The van der Waals surface area contributed by atoms with Crippen molar-refractivity contribution in [1.82, 2.24) is 4.98 Å². The molecule has 29 heavy (non-hydrogen) atoms. The molecule has 0 aliphatic heterocycles. The van der Waals surface area contributed by atoms with Crippen LogP contribution < -0.4 is 10.7 Å². The first-order valence-electron chi connectivity index (χ1n) is 9.23. The van der Waals surface area contributed by atoms with Crippen LogP contribution in [0.2, 0.25) is 0 Å². The Morgan fingerprint density at radius 2 is 1.86 bits per heavy atom. The Labute approximate surface area is 172 Å². The van der Waals surface area contributed by atoms with Gasteiger partial charge in [-0.3, -0.25) is 9.59 Å². The minimum atomic E-state index is -0.451. The molecule has 0 unspecified atom stereocenters. The van der Waals surface area contributed by atoms with Crippen LogP contribution in [0.3, 0.4) is 0 Å². The average molecular weight is 410 g/mol. The molecule has 0 atom stereocenters. The molecule has 1 aromatic heterocycles. The van der Waals surface area contributed by atoms with Gasteiger partial charge in [0.2, 0.25) is 5.91 Å². The monoisotopic (exact) mass is 410 g/mol. The number of carbonyl (C=O) groups excluding carboxylic acids is 2. The predicted octanol–water partition coefficient (Wildman–Crippen LogP) is 3.89. The van der Waals surface area contributed by atoms with Crippen LogP contribution in [0.5, 0.6) is 0 Å². The van der Waals surface area contributed by atoms with Crippen molar-refractivity contribution in [3.63, 3.8) is 0 Å². The van der Waals surface area contributed by atoms with Gasteiger partial charge in [0.1, 0.15) is 0 Å². The largest absolute Gasteiger partial charge is 0.462 e. The van der Waals surface area contributed by atoms with E-state index in [2.05, 4.69) is 10.3 Å². The summed E-state index contributed by atoms with van der Waals surface area (Å²) in [5.41, 5.74) is 3.43. The summed E-state index contributed by atoms with van der Waals surface area (Å²) in [4.78, 5) is 39.5. The van der Waals surface area contributed by atoms with E-state index < -0.39 is 5.97 Å². The van der Waals surface area contributed by atoms with Crippen LogP contribution in [0.1, 0.15) is 28.5 Å². The van der Waals surface area contributed by atoms with Gasteiger partial charge in [-0.15, -0.1) is 11.8 Å². The lowest BCUT2D eigenvalue weighted by Gasteiger charge is -2.07. The van der Waals surface area contributed by atoms with Crippen molar-refractivity contribution in [2.75, 3.05) is 17.7 Å². The Bertz CT molecular complexity index is 1090. The van der Waals surface area contributed by atoms with Gasteiger partial charge in [0, 0.05) is 34.1 Å². The minimum Gasteiger partial charge on any atom is -0.462 e. The molecule has 0 aliphatic carbocycles. The number of thioether (sulfide) groups is 1. The summed E-state index contributed by atoms with van der Waals surface area (Å²) in [6.45, 7) is 4.00. The van der Waals surface area contributed by atoms with E-state index in [9.17, 15) is 14.4 Å². The summed E-state index contributed by atoms with van der Waals surface area (Å²) in [6.07, 6.45) is 0. The summed E-state index contributed by atoms with van der Waals surface area (Å²) in [6, 6.07) is 14.0. The van der Waals surface area contributed by atoms with Gasteiger partial charge in [-0.25, -0.2) is 4.79 Å². The normalized spacial score (nSPS) is 10.7. The number of hydrogen-bond donors (Lipinski definition) is 2. The number of fused-ring (bicyclic) bond motifs is 1. The second-order valence-corrected chi connectivity index (χ2v) is 7.53. The smallest absolute Gasteiger partial charge is 0.338 e. The second kappa shape index (κ2) is 9.43. The number of H-pyrrole nitrogens is 1. The number of esters is 1. The Kier molecular flexibility index (Phi) is 6.72. The van der Waals surface area contributed by atoms with Gasteiger partial charge < -0.3 is 15.0 Å². The minimum absolute atomic E-state index is 0.0962. The van der Waals surface area contributed by atoms with Crippen LogP contribution in [0.25, 0.3) is 10.9 Å². The van der Waals surface area contributed by atoms with Crippen molar-refractivity contribution >= 4 is 40.2 Å². The van der Waals surface area contributed by atoms with Crippen molar-refractivity contribution in [1.29, 1.82) is 0 Å². The molecule has 150 valence electrons. The molecule has 0 aliphatic rings. The third-order valence-corrected chi connectivity index (χ3v) is 5.20. The van der Waals surface area contributed by atoms with E-state index in [1.807, 2.05) is 31.2 Å². The zero-order chi connectivity index (χ0) is 20.8.